The van der Waals surface area contributed by atoms with Crippen LogP contribution in [0.2, 0.25) is 0 Å². The Kier molecular flexibility index (Phi) is 3.45. The smallest absolute Gasteiger partial charge is 0.184 e. The summed E-state index contributed by atoms with van der Waals surface area (Å²) in [7, 11) is 0. The number of nitrogens with zero attached hydrogens (tertiary/aromatic N) is 3. The molecule has 3 nitrogen and oxygen atoms in total. The van der Waals surface area contributed by atoms with Gasteiger partial charge in [-0.05, 0) is 26.0 Å². The largest absolute Gasteiger partial charge is 0.312 e. The van der Waals surface area contributed by atoms with Crippen molar-refractivity contribution in [3.8, 4) is 0 Å². The molecule has 0 aliphatic heterocycles. The molecular formula is C14H12ClF2N3S. The van der Waals surface area contributed by atoms with Gasteiger partial charge in [-0.15, -0.1) is 22.9 Å². The molecule has 0 atom stereocenters. The van der Waals surface area contributed by atoms with Gasteiger partial charge in [-0.25, -0.2) is 18.7 Å². The van der Waals surface area contributed by atoms with Crippen molar-refractivity contribution in [2.45, 2.75) is 25.3 Å². The van der Waals surface area contributed by atoms with E-state index in [2.05, 4.69) is 9.97 Å². The number of rotatable bonds is 3. The van der Waals surface area contributed by atoms with E-state index in [1.165, 1.54) is 17.4 Å². The Hall–Kier alpha value is -1.53. The van der Waals surface area contributed by atoms with Crippen LogP contribution in [0.25, 0.3) is 11.0 Å². The van der Waals surface area contributed by atoms with Gasteiger partial charge in [-0.2, -0.15) is 0 Å². The first-order chi connectivity index (χ1) is 9.96. The summed E-state index contributed by atoms with van der Waals surface area (Å²) in [4.78, 5) is 8.60. The monoisotopic (exact) mass is 327 g/mol. The minimum atomic E-state index is -0.916. The van der Waals surface area contributed by atoms with Gasteiger partial charge in [0.15, 0.2) is 11.6 Å². The number of benzene rings is 1. The van der Waals surface area contributed by atoms with Gasteiger partial charge in [0.2, 0.25) is 0 Å². The number of halogens is 3. The van der Waals surface area contributed by atoms with E-state index >= 15 is 0 Å². The lowest BCUT2D eigenvalue weighted by molar-refractivity contribution is 0.425. The summed E-state index contributed by atoms with van der Waals surface area (Å²) in [5.41, 5.74) is -0.179. The average Bonchev–Trinajstić information content (AvgIpc) is 3.10. The second kappa shape index (κ2) is 5.03. The molecule has 1 aromatic carbocycles. The summed E-state index contributed by atoms with van der Waals surface area (Å²) in [6, 6.07) is 2.53. The van der Waals surface area contributed by atoms with Crippen molar-refractivity contribution in [1.82, 2.24) is 14.5 Å². The maximum Gasteiger partial charge on any atom is 0.184 e. The highest BCUT2D eigenvalue weighted by molar-refractivity contribution is 7.09. The first kappa shape index (κ1) is 14.4. The van der Waals surface area contributed by atoms with Crippen LogP contribution in [-0.4, -0.2) is 14.5 Å². The lowest BCUT2D eigenvalue weighted by Crippen LogP contribution is -2.29. The average molecular weight is 328 g/mol. The molecule has 2 aromatic heterocycles. The van der Waals surface area contributed by atoms with Gasteiger partial charge in [0.1, 0.15) is 16.3 Å². The maximum absolute atomic E-state index is 14.3. The van der Waals surface area contributed by atoms with Gasteiger partial charge < -0.3 is 4.57 Å². The zero-order valence-corrected chi connectivity index (χ0v) is 13.0. The fourth-order valence-corrected chi connectivity index (χ4v) is 3.40. The lowest BCUT2D eigenvalue weighted by Gasteiger charge is -2.27. The van der Waals surface area contributed by atoms with E-state index in [1.807, 2.05) is 19.2 Å². The van der Waals surface area contributed by atoms with Gasteiger partial charge in [0.25, 0.3) is 0 Å². The van der Waals surface area contributed by atoms with E-state index < -0.39 is 17.2 Å². The maximum atomic E-state index is 14.3. The molecule has 3 aromatic rings. The highest BCUT2D eigenvalue weighted by Crippen LogP contribution is 2.34. The molecule has 3 rings (SSSR count). The van der Waals surface area contributed by atoms with E-state index in [9.17, 15) is 8.78 Å². The van der Waals surface area contributed by atoms with Crippen molar-refractivity contribution >= 4 is 34.0 Å². The number of fused-ring (bicyclic) bond motifs is 1. The standard InChI is InChI=1S/C14H12ClF2N3S/c1-14(2,13-18-5-6-21-13)20-10(7-15)19-9-4-3-8(16)11(17)12(9)20/h3-6H,7H2,1-2H3. The van der Waals surface area contributed by atoms with Crippen molar-refractivity contribution in [3.05, 3.63) is 46.2 Å². The fraction of sp³-hybridized carbons (Fsp3) is 0.286. The summed E-state index contributed by atoms with van der Waals surface area (Å²) in [5.74, 6) is -1.23. The summed E-state index contributed by atoms with van der Waals surface area (Å²) in [6.45, 7) is 3.76. The normalized spacial score (nSPS) is 12.2. The molecule has 0 spiro atoms. The second-order valence-corrected chi connectivity index (χ2v) is 6.28. The van der Waals surface area contributed by atoms with Crippen molar-refractivity contribution < 1.29 is 8.78 Å². The molecule has 0 saturated heterocycles. The van der Waals surface area contributed by atoms with E-state index in [-0.39, 0.29) is 11.4 Å². The second-order valence-electron chi connectivity index (χ2n) is 5.12. The quantitative estimate of drug-likeness (QED) is 0.672. The Labute approximate surface area is 129 Å². The van der Waals surface area contributed by atoms with Crippen LogP contribution in [-0.2, 0) is 11.4 Å². The SMILES string of the molecule is CC(C)(c1nccs1)n1c(CCl)nc2ccc(F)c(F)c21. The van der Waals surface area contributed by atoms with Crippen molar-refractivity contribution in [3.63, 3.8) is 0 Å². The molecule has 0 radical (unpaired) electrons. The molecule has 0 fully saturated rings. The molecule has 7 heteroatoms. The van der Waals surface area contributed by atoms with Crippen LogP contribution in [0.4, 0.5) is 8.78 Å². The Balaban J connectivity index is 2.38. The number of alkyl halides is 1. The van der Waals surface area contributed by atoms with Crippen molar-refractivity contribution in [2.75, 3.05) is 0 Å². The van der Waals surface area contributed by atoms with Crippen LogP contribution in [0.5, 0.6) is 0 Å². The van der Waals surface area contributed by atoms with Gasteiger partial charge in [0.05, 0.1) is 16.9 Å². The lowest BCUT2D eigenvalue weighted by atomic mass is 10.1. The summed E-state index contributed by atoms with van der Waals surface area (Å²) >= 11 is 7.39. The van der Waals surface area contributed by atoms with E-state index in [1.54, 1.807) is 10.8 Å². The minimum Gasteiger partial charge on any atom is -0.312 e. The van der Waals surface area contributed by atoms with Crippen LogP contribution in [0, 0.1) is 11.6 Å². The van der Waals surface area contributed by atoms with E-state index in [4.69, 9.17) is 11.6 Å². The van der Waals surface area contributed by atoms with Crippen LogP contribution in [0.15, 0.2) is 23.7 Å². The number of thiazole rings is 1. The topological polar surface area (TPSA) is 30.7 Å². The fourth-order valence-electron chi connectivity index (χ4n) is 2.46. The number of hydrogen-bond donors (Lipinski definition) is 0. The minimum absolute atomic E-state index is 0.102. The van der Waals surface area contributed by atoms with Gasteiger partial charge in [-0.1, -0.05) is 0 Å². The van der Waals surface area contributed by atoms with Crippen molar-refractivity contribution in [1.29, 1.82) is 0 Å². The summed E-state index contributed by atoms with van der Waals surface area (Å²) < 4.78 is 29.5. The van der Waals surface area contributed by atoms with E-state index in [0.29, 0.717) is 11.3 Å². The van der Waals surface area contributed by atoms with Crippen LogP contribution >= 0.6 is 22.9 Å². The van der Waals surface area contributed by atoms with Crippen LogP contribution in [0.3, 0.4) is 0 Å². The summed E-state index contributed by atoms with van der Waals surface area (Å²) in [5, 5.41) is 2.62. The molecular weight excluding hydrogens is 316 g/mol. The Morgan fingerprint density at radius 3 is 2.71 bits per heavy atom. The third kappa shape index (κ3) is 2.13. The van der Waals surface area contributed by atoms with Gasteiger partial charge >= 0.3 is 0 Å². The molecule has 0 bridgehead atoms. The third-order valence-electron chi connectivity index (χ3n) is 3.41. The highest BCUT2D eigenvalue weighted by atomic mass is 35.5. The predicted molar refractivity (Wildman–Crippen MR) is 79.7 cm³/mol. The van der Waals surface area contributed by atoms with Gasteiger partial charge in [-0.3, -0.25) is 0 Å². The molecule has 0 saturated carbocycles. The number of aromatic nitrogens is 3. The highest BCUT2D eigenvalue weighted by Gasteiger charge is 2.32. The van der Waals surface area contributed by atoms with E-state index in [0.717, 1.165) is 11.1 Å². The molecule has 0 amide bonds. The van der Waals surface area contributed by atoms with Crippen molar-refractivity contribution in [2.24, 2.45) is 0 Å². The number of hydrogen-bond acceptors (Lipinski definition) is 3. The summed E-state index contributed by atoms with van der Waals surface area (Å²) in [6.07, 6.45) is 1.68. The predicted octanol–water partition coefficient (Wildman–Crippen LogP) is 4.29. The van der Waals surface area contributed by atoms with Crippen LogP contribution in [0.1, 0.15) is 24.7 Å². The molecule has 21 heavy (non-hydrogen) atoms. The third-order valence-corrected chi connectivity index (χ3v) is 4.74. The molecule has 0 aliphatic rings. The zero-order valence-electron chi connectivity index (χ0n) is 11.4. The molecule has 0 unspecified atom stereocenters. The van der Waals surface area contributed by atoms with Crippen LogP contribution < -0.4 is 0 Å². The Morgan fingerprint density at radius 2 is 2.10 bits per heavy atom. The zero-order chi connectivity index (χ0) is 15.2. The molecule has 0 aliphatic carbocycles. The first-order valence-corrected chi connectivity index (χ1v) is 7.70. The first-order valence-electron chi connectivity index (χ1n) is 6.28. The molecule has 2 heterocycles. The molecule has 110 valence electrons. The van der Waals surface area contributed by atoms with Gasteiger partial charge in [0, 0.05) is 11.6 Å². The Bertz CT molecular complexity index is 796. The number of imidazole rings is 1. The molecule has 0 N–H and O–H groups in total. The Morgan fingerprint density at radius 1 is 1.33 bits per heavy atom.